The Morgan fingerprint density at radius 2 is 2.07 bits per heavy atom. The minimum Gasteiger partial charge on any atom is -0.308 e. The molecule has 7 heteroatoms. The molecule has 0 saturated carbocycles. The fourth-order valence-electron chi connectivity index (χ4n) is 3.86. The van der Waals surface area contributed by atoms with Crippen molar-refractivity contribution in [1.82, 2.24) is 14.8 Å². The molecular weight excluding hydrogens is 399 g/mol. The van der Waals surface area contributed by atoms with E-state index in [2.05, 4.69) is 34.2 Å². The summed E-state index contributed by atoms with van der Waals surface area (Å²) in [6.07, 6.45) is 1.89. The molecule has 0 aliphatic carbocycles. The highest BCUT2D eigenvalue weighted by atomic mass is 32.1. The Bertz CT molecular complexity index is 1020. The lowest BCUT2D eigenvalue weighted by molar-refractivity contribution is -0.121. The molecule has 1 aliphatic rings. The summed E-state index contributed by atoms with van der Waals surface area (Å²) in [6, 6.07) is 13.2. The van der Waals surface area contributed by atoms with Crippen LogP contribution in [0.2, 0.25) is 0 Å². The lowest BCUT2D eigenvalue weighted by Crippen LogP contribution is -2.43. The van der Waals surface area contributed by atoms with E-state index in [4.69, 9.17) is 0 Å². The molecule has 1 aliphatic heterocycles. The molecule has 1 fully saturated rings. The first-order chi connectivity index (χ1) is 14.5. The highest BCUT2D eigenvalue weighted by Crippen LogP contribution is 2.33. The van der Waals surface area contributed by atoms with Gasteiger partial charge in [-0.1, -0.05) is 41.7 Å². The molecule has 5 nitrogen and oxygen atoms in total. The van der Waals surface area contributed by atoms with Gasteiger partial charge in [0.25, 0.3) is 0 Å². The van der Waals surface area contributed by atoms with Gasteiger partial charge in [-0.3, -0.25) is 4.79 Å². The second-order valence-corrected chi connectivity index (χ2v) is 9.15. The number of hydrogen-bond acceptors (Lipinski definition) is 5. The van der Waals surface area contributed by atoms with Crippen molar-refractivity contribution in [2.45, 2.75) is 12.8 Å². The third kappa shape index (κ3) is 4.86. The zero-order valence-corrected chi connectivity index (χ0v) is 18.2. The topological polar surface area (TPSA) is 48.5 Å². The Labute approximate surface area is 180 Å². The number of thiazole rings is 1. The summed E-state index contributed by atoms with van der Waals surface area (Å²) in [6.45, 7) is 3.74. The Morgan fingerprint density at radius 3 is 2.83 bits per heavy atom. The van der Waals surface area contributed by atoms with Gasteiger partial charge < -0.3 is 15.1 Å². The molecule has 30 heavy (non-hydrogen) atoms. The van der Waals surface area contributed by atoms with Gasteiger partial charge in [0.1, 0.15) is 5.52 Å². The summed E-state index contributed by atoms with van der Waals surface area (Å²) in [5.41, 5.74) is 2.08. The van der Waals surface area contributed by atoms with E-state index < -0.39 is 0 Å². The van der Waals surface area contributed by atoms with Crippen molar-refractivity contribution < 1.29 is 9.18 Å². The quantitative estimate of drug-likeness (QED) is 0.638. The van der Waals surface area contributed by atoms with Gasteiger partial charge in [0, 0.05) is 19.6 Å². The van der Waals surface area contributed by atoms with Gasteiger partial charge in [-0.15, -0.1) is 0 Å². The first kappa shape index (κ1) is 20.9. The second-order valence-electron chi connectivity index (χ2n) is 8.12. The summed E-state index contributed by atoms with van der Waals surface area (Å²) in [7, 11) is 4.12. The maximum atomic E-state index is 14.7. The van der Waals surface area contributed by atoms with E-state index in [0.29, 0.717) is 10.6 Å². The normalized spacial score (nSPS) is 17.5. The van der Waals surface area contributed by atoms with Crippen LogP contribution in [-0.4, -0.2) is 61.0 Å². The van der Waals surface area contributed by atoms with E-state index in [-0.39, 0.29) is 17.6 Å². The molecular formula is C23H27FN4OS. The van der Waals surface area contributed by atoms with Crippen molar-refractivity contribution in [2.24, 2.45) is 5.92 Å². The Balaban J connectivity index is 1.47. The van der Waals surface area contributed by atoms with E-state index in [9.17, 15) is 9.18 Å². The molecule has 2 aromatic carbocycles. The van der Waals surface area contributed by atoms with Crippen molar-refractivity contribution in [2.75, 3.05) is 45.6 Å². The minimum absolute atomic E-state index is 0.0210. The molecule has 1 unspecified atom stereocenters. The monoisotopic (exact) mass is 426 g/mol. The number of fused-ring (bicyclic) bond motifs is 1. The van der Waals surface area contributed by atoms with Crippen LogP contribution in [0.5, 0.6) is 0 Å². The van der Waals surface area contributed by atoms with Gasteiger partial charge in [0.2, 0.25) is 5.91 Å². The van der Waals surface area contributed by atoms with Gasteiger partial charge >= 0.3 is 0 Å². The SMILES string of the molecule is CN(C)CCN1CCCC(C(=O)Nc2nc3c(F)cc(-c4ccccc4)cc3s2)C1. The Kier molecular flexibility index (Phi) is 6.41. The standard InChI is InChI=1S/C23H27FN4OS/c1-27(2)11-12-28-10-6-9-17(15-28)22(29)26-23-25-21-19(24)13-18(14-20(21)30-23)16-7-4-3-5-8-16/h3-5,7-8,13-14,17H,6,9-12,15H2,1-2H3,(H,25,26,29). The first-order valence-electron chi connectivity index (χ1n) is 10.3. The third-order valence-corrected chi connectivity index (χ3v) is 6.44. The number of benzene rings is 2. The summed E-state index contributed by atoms with van der Waals surface area (Å²) >= 11 is 1.32. The molecule has 0 radical (unpaired) electrons. The molecule has 2 heterocycles. The number of carbonyl (C=O) groups is 1. The average molecular weight is 427 g/mol. The largest absolute Gasteiger partial charge is 0.308 e. The van der Waals surface area contributed by atoms with Gasteiger partial charge in [-0.05, 0) is 56.7 Å². The number of amides is 1. The number of nitrogens with one attached hydrogen (secondary N) is 1. The number of hydrogen-bond donors (Lipinski definition) is 1. The molecule has 3 aromatic rings. The van der Waals surface area contributed by atoms with E-state index in [1.807, 2.05) is 36.4 Å². The summed E-state index contributed by atoms with van der Waals surface area (Å²) in [5, 5.41) is 3.40. The van der Waals surface area contributed by atoms with Crippen LogP contribution in [-0.2, 0) is 4.79 Å². The van der Waals surface area contributed by atoms with Crippen molar-refractivity contribution >= 4 is 32.6 Å². The summed E-state index contributed by atoms with van der Waals surface area (Å²) < 4.78 is 15.4. The maximum absolute atomic E-state index is 14.7. The first-order valence-corrected chi connectivity index (χ1v) is 11.1. The molecule has 1 aromatic heterocycles. The molecule has 0 bridgehead atoms. The van der Waals surface area contributed by atoms with Crippen LogP contribution in [0.4, 0.5) is 9.52 Å². The second kappa shape index (κ2) is 9.20. The van der Waals surface area contributed by atoms with E-state index in [1.165, 1.54) is 17.4 Å². The summed E-state index contributed by atoms with van der Waals surface area (Å²) in [5.74, 6) is -0.444. The van der Waals surface area contributed by atoms with Crippen LogP contribution < -0.4 is 5.32 Å². The number of anilines is 1. The van der Waals surface area contributed by atoms with Gasteiger partial charge in [0.05, 0.1) is 10.6 Å². The van der Waals surface area contributed by atoms with Crippen molar-refractivity contribution in [3.63, 3.8) is 0 Å². The number of aromatic nitrogens is 1. The molecule has 158 valence electrons. The number of likely N-dealkylation sites (tertiary alicyclic amines) is 1. The maximum Gasteiger partial charge on any atom is 0.230 e. The highest BCUT2D eigenvalue weighted by molar-refractivity contribution is 7.22. The number of carbonyl (C=O) groups excluding carboxylic acids is 1. The Hall–Kier alpha value is -2.35. The van der Waals surface area contributed by atoms with E-state index >= 15 is 0 Å². The lowest BCUT2D eigenvalue weighted by Gasteiger charge is -2.32. The van der Waals surface area contributed by atoms with Crippen molar-refractivity contribution in [1.29, 1.82) is 0 Å². The molecule has 1 amide bonds. The van der Waals surface area contributed by atoms with Gasteiger partial charge in [-0.2, -0.15) is 0 Å². The predicted molar refractivity (Wildman–Crippen MR) is 121 cm³/mol. The highest BCUT2D eigenvalue weighted by Gasteiger charge is 2.26. The van der Waals surface area contributed by atoms with Crippen LogP contribution in [0, 0.1) is 11.7 Å². The number of nitrogens with zero attached hydrogens (tertiary/aromatic N) is 3. The zero-order chi connectivity index (χ0) is 21.1. The summed E-state index contributed by atoms with van der Waals surface area (Å²) in [4.78, 5) is 21.7. The fourth-order valence-corrected chi connectivity index (χ4v) is 4.78. The smallest absolute Gasteiger partial charge is 0.230 e. The van der Waals surface area contributed by atoms with Crippen LogP contribution in [0.1, 0.15) is 12.8 Å². The lowest BCUT2D eigenvalue weighted by atomic mass is 9.97. The molecule has 0 spiro atoms. The molecule has 1 saturated heterocycles. The van der Waals surface area contributed by atoms with Crippen LogP contribution >= 0.6 is 11.3 Å². The molecule has 1 N–H and O–H groups in total. The number of halogens is 1. The third-order valence-electron chi connectivity index (χ3n) is 5.53. The predicted octanol–water partition coefficient (Wildman–Crippen LogP) is 4.31. The number of likely N-dealkylation sites (N-methyl/N-ethyl adjacent to an activating group) is 1. The van der Waals surface area contributed by atoms with Crippen LogP contribution in [0.15, 0.2) is 42.5 Å². The number of piperidine rings is 1. The van der Waals surface area contributed by atoms with Gasteiger partial charge in [-0.25, -0.2) is 9.37 Å². The minimum atomic E-state index is -0.365. The molecule has 1 atom stereocenters. The average Bonchev–Trinajstić information content (AvgIpc) is 3.16. The number of rotatable bonds is 6. The van der Waals surface area contributed by atoms with Crippen molar-refractivity contribution in [3.8, 4) is 11.1 Å². The van der Waals surface area contributed by atoms with E-state index in [1.54, 1.807) is 0 Å². The van der Waals surface area contributed by atoms with Crippen molar-refractivity contribution in [3.05, 3.63) is 48.3 Å². The van der Waals surface area contributed by atoms with Gasteiger partial charge in [0.15, 0.2) is 10.9 Å². The Morgan fingerprint density at radius 1 is 1.27 bits per heavy atom. The zero-order valence-electron chi connectivity index (χ0n) is 17.4. The molecule has 4 rings (SSSR count). The van der Waals surface area contributed by atoms with E-state index in [0.717, 1.165) is 54.8 Å². The fraction of sp³-hybridized carbons (Fsp3) is 0.391. The van der Waals surface area contributed by atoms with Crippen LogP contribution in [0.25, 0.3) is 21.3 Å². The van der Waals surface area contributed by atoms with Crippen LogP contribution in [0.3, 0.4) is 0 Å².